The fourth-order valence-electron chi connectivity index (χ4n) is 7.14. The van der Waals surface area contributed by atoms with Gasteiger partial charge in [0.2, 0.25) is 23.7 Å². The summed E-state index contributed by atoms with van der Waals surface area (Å²) >= 11 is 2.61. The minimum Gasteiger partial charge on any atom is -0.494 e. The average molecular weight is 840 g/mol. The van der Waals surface area contributed by atoms with Gasteiger partial charge in [-0.25, -0.2) is 19.9 Å². The molecule has 1 fully saturated rings. The van der Waals surface area contributed by atoms with Crippen molar-refractivity contribution in [3.8, 4) is 5.75 Å². The quantitative estimate of drug-likeness (QED) is 0.102. The number of methoxy groups -OCH3 is 1. The standard InChI is InChI=1S/C40H45N11O6S2/c1-6-26-33(58-21(3)43-26)37(54)47-39-45-28-17-23(35(41)52)16-25(20-49-12-14-57-15-13-49)31(28)50(39)10-8-9-11-51-32-29(18-24(36(42)53)19-30(32)56-5)46-40(51)48-38(55)34-27(7-2)44-22(4)59-34/h8-9,16-19H,6-7,10-15,20H2,1-5H3,(H2,41,52)(H2,42,53)(H,45,47,54)(H,46,48,55). The lowest BCUT2D eigenvalue weighted by molar-refractivity contribution is 0.0343. The van der Waals surface area contributed by atoms with Crippen molar-refractivity contribution in [3.63, 3.8) is 0 Å². The smallest absolute Gasteiger partial charge is 0.269 e. The molecule has 0 radical (unpaired) electrons. The number of morpholine rings is 1. The molecule has 2 aromatic carbocycles. The molecule has 1 aliphatic heterocycles. The molecule has 1 aliphatic rings. The van der Waals surface area contributed by atoms with Crippen LogP contribution < -0.4 is 26.8 Å². The number of aromatic nitrogens is 6. The van der Waals surface area contributed by atoms with Crippen molar-refractivity contribution >= 4 is 80.3 Å². The second kappa shape index (κ2) is 17.5. The first kappa shape index (κ1) is 41.2. The topological polar surface area (TPSA) is 228 Å². The van der Waals surface area contributed by atoms with Crippen LogP contribution in [0.1, 0.15) is 80.9 Å². The molecule has 0 aliphatic carbocycles. The van der Waals surface area contributed by atoms with E-state index >= 15 is 0 Å². The molecule has 59 heavy (non-hydrogen) atoms. The predicted molar refractivity (Wildman–Crippen MR) is 227 cm³/mol. The predicted octanol–water partition coefficient (Wildman–Crippen LogP) is 4.84. The van der Waals surface area contributed by atoms with E-state index in [0.29, 0.717) is 94.7 Å². The Morgan fingerprint density at radius 1 is 0.763 bits per heavy atom. The molecule has 0 saturated carbocycles. The van der Waals surface area contributed by atoms with Crippen molar-refractivity contribution in [2.24, 2.45) is 11.5 Å². The molecule has 308 valence electrons. The summed E-state index contributed by atoms with van der Waals surface area (Å²) in [6, 6.07) is 6.51. The number of nitrogens with two attached hydrogens (primary N) is 2. The van der Waals surface area contributed by atoms with Gasteiger partial charge in [-0.15, -0.1) is 22.7 Å². The number of imidazole rings is 2. The lowest BCUT2D eigenvalue weighted by atomic mass is 10.1. The molecule has 0 unspecified atom stereocenters. The zero-order valence-corrected chi connectivity index (χ0v) is 35.0. The van der Waals surface area contributed by atoms with Gasteiger partial charge < -0.3 is 30.1 Å². The molecule has 6 aromatic rings. The van der Waals surface area contributed by atoms with E-state index in [0.717, 1.165) is 21.1 Å². The minimum absolute atomic E-state index is 0.201. The van der Waals surface area contributed by atoms with E-state index in [2.05, 4.69) is 25.5 Å². The summed E-state index contributed by atoms with van der Waals surface area (Å²) in [5, 5.41) is 7.54. The fourth-order valence-corrected chi connectivity index (χ4v) is 8.95. The fraction of sp³-hybridized carbons (Fsp3) is 0.350. The third kappa shape index (κ3) is 8.59. The molecule has 6 N–H and O–H groups in total. The highest BCUT2D eigenvalue weighted by atomic mass is 32.1. The van der Waals surface area contributed by atoms with Gasteiger partial charge in [0, 0.05) is 43.9 Å². The number of hydrogen-bond acceptors (Lipinski definition) is 13. The number of carbonyl (C=O) groups is 4. The van der Waals surface area contributed by atoms with Gasteiger partial charge in [0.05, 0.1) is 58.3 Å². The highest BCUT2D eigenvalue weighted by molar-refractivity contribution is 7.14. The van der Waals surface area contributed by atoms with Gasteiger partial charge in [-0.1, -0.05) is 26.0 Å². The van der Waals surface area contributed by atoms with Crippen LogP contribution in [0.15, 0.2) is 36.4 Å². The summed E-state index contributed by atoms with van der Waals surface area (Å²) in [7, 11) is 1.48. The van der Waals surface area contributed by atoms with E-state index in [4.69, 9.17) is 30.9 Å². The lowest BCUT2D eigenvalue weighted by Crippen LogP contribution is -2.35. The van der Waals surface area contributed by atoms with Crippen molar-refractivity contribution in [1.82, 2.24) is 34.0 Å². The summed E-state index contributed by atoms with van der Waals surface area (Å²) in [4.78, 5) is 74.1. The number of primary amides is 2. The van der Waals surface area contributed by atoms with Gasteiger partial charge in [0.1, 0.15) is 21.0 Å². The number of nitrogens with one attached hydrogen (secondary N) is 2. The van der Waals surface area contributed by atoms with Gasteiger partial charge in [0.25, 0.3) is 11.8 Å². The molecule has 7 rings (SSSR count). The normalized spacial score (nSPS) is 13.4. The molecular formula is C40H45N11O6S2. The number of amides is 4. The highest BCUT2D eigenvalue weighted by Crippen LogP contribution is 2.32. The number of nitrogens with zero attached hydrogens (tertiary/aromatic N) is 7. The Balaban J connectivity index is 1.29. The van der Waals surface area contributed by atoms with Gasteiger partial charge in [-0.3, -0.25) is 34.7 Å². The molecule has 17 nitrogen and oxygen atoms in total. The number of rotatable bonds is 15. The van der Waals surface area contributed by atoms with Crippen molar-refractivity contribution in [1.29, 1.82) is 0 Å². The molecule has 4 aromatic heterocycles. The molecule has 0 atom stereocenters. The molecule has 19 heteroatoms. The Labute approximate surface area is 347 Å². The van der Waals surface area contributed by atoms with Gasteiger partial charge >= 0.3 is 0 Å². The van der Waals surface area contributed by atoms with Crippen molar-refractivity contribution in [2.75, 3.05) is 44.0 Å². The zero-order valence-electron chi connectivity index (χ0n) is 33.4. The first-order valence-electron chi connectivity index (χ1n) is 19.1. The number of ether oxygens (including phenoxy) is 2. The summed E-state index contributed by atoms with van der Waals surface area (Å²) in [6.45, 7) is 11.1. The highest BCUT2D eigenvalue weighted by Gasteiger charge is 2.25. The van der Waals surface area contributed by atoms with Crippen LogP contribution in [0.5, 0.6) is 5.75 Å². The average Bonchev–Trinajstić information content (AvgIpc) is 3.98. The van der Waals surface area contributed by atoms with E-state index in [-0.39, 0.29) is 42.4 Å². The van der Waals surface area contributed by atoms with Crippen LogP contribution in [-0.4, -0.2) is 91.0 Å². The Morgan fingerprint density at radius 2 is 1.25 bits per heavy atom. The second-order valence-corrected chi connectivity index (χ2v) is 16.3. The van der Waals surface area contributed by atoms with E-state index in [9.17, 15) is 19.2 Å². The maximum Gasteiger partial charge on any atom is 0.269 e. The summed E-state index contributed by atoms with van der Waals surface area (Å²) < 4.78 is 15.0. The minimum atomic E-state index is -0.652. The molecular weight excluding hydrogens is 795 g/mol. The van der Waals surface area contributed by atoms with Crippen LogP contribution in [0.25, 0.3) is 22.1 Å². The maximum absolute atomic E-state index is 13.8. The molecule has 0 spiro atoms. The SMILES string of the molecule is CCc1nc(C)sc1C(=O)Nc1nc2cc(C(N)=O)cc(CN3CCOCC3)c2n1CC=CCn1c(NC(=O)c2sc(C)nc2CC)nc2cc(C(N)=O)cc(OC)c21. The van der Waals surface area contributed by atoms with E-state index < -0.39 is 11.8 Å². The Bertz CT molecular complexity index is 2630. The number of anilines is 2. The molecule has 0 bridgehead atoms. The van der Waals surface area contributed by atoms with Gasteiger partial charge in [0.15, 0.2) is 0 Å². The number of fused-ring (bicyclic) bond motifs is 2. The number of aryl methyl sites for hydroxylation is 4. The number of allylic oxidation sites excluding steroid dienone is 2. The largest absolute Gasteiger partial charge is 0.494 e. The third-order valence-corrected chi connectivity index (χ3v) is 11.9. The van der Waals surface area contributed by atoms with E-state index in [1.807, 2.05) is 44.4 Å². The number of thiazole rings is 2. The van der Waals surface area contributed by atoms with Crippen LogP contribution in [0, 0.1) is 13.8 Å². The molecule has 5 heterocycles. The van der Waals surface area contributed by atoms with Crippen molar-refractivity contribution < 1.29 is 28.7 Å². The Hall–Kier alpha value is -6.02. The molecule has 1 saturated heterocycles. The molecule has 4 amide bonds. The third-order valence-electron chi connectivity index (χ3n) is 9.90. The summed E-state index contributed by atoms with van der Waals surface area (Å²) in [5.41, 5.74) is 16.3. The van der Waals surface area contributed by atoms with E-state index in [1.165, 1.54) is 35.8 Å². The number of hydrogen-bond donors (Lipinski definition) is 4. The Kier molecular flexibility index (Phi) is 12.2. The Morgan fingerprint density at radius 3 is 1.75 bits per heavy atom. The number of benzene rings is 2. The van der Waals surface area contributed by atoms with Crippen LogP contribution >= 0.6 is 22.7 Å². The summed E-state index contributed by atoms with van der Waals surface area (Å²) in [6.07, 6.45) is 4.97. The van der Waals surface area contributed by atoms with Gasteiger partial charge in [-0.2, -0.15) is 0 Å². The van der Waals surface area contributed by atoms with Gasteiger partial charge in [-0.05, 0) is 56.5 Å². The first-order valence-corrected chi connectivity index (χ1v) is 20.7. The van der Waals surface area contributed by atoms with Crippen LogP contribution in [0.4, 0.5) is 11.9 Å². The van der Waals surface area contributed by atoms with Crippen molar-refractivity contribution in [2.45, 2.75) is 60.2 Å². The first-order chi connectivity index (χ1) is 28.4. The van der Waals surface area contributed by atoms with Crippen LogP contribution in [-0.2, 0) is 37.2 Å². The monoisotopic (exact) mass is 839 g/mol. The summed E-state index contributed by atoms with van der Waals surface area (Å²) in [5.74, 6) is -1.10. The second-order valence-electron chi connectivity index (χ2n) is 13.9. The maximum atomic E-state index is 13.8. The number of carbonyl (C=O) groups excluding carboxylic acids is 4. The van der Waals surface area contributed by atoms with Crippen LogP contribution in [0.2, 0.25) is 0 Å². The van der Waals surface area contributed by atoms with Crippen LogP contribution in [0.3, 0.4) is 0 Å². The lowest BCUT2D eigenvalue weighted by Gasteiger charge is -2.27. The zero-order chi connectivity index (χ0) is 42.0. The van der Waals surface area contributed by atoms with E-state index in [1.54, 1.807) is 22.8 Å². The van der Waals surface area contributed by atoms with Crippen molar-refractivity contribution in [3.05, 3.63) is 84.3 Å².